The summed E-state index contributed by atoms with van der Waals surface area (Å²) in [6.07, 6.45) is 1.67. The van der Waals surface area contributed by atoms with Gasteiger partial charge < -0.3 is 5.32 Å². The molecule has 1 unspecified atom stereocenters. The highest BCUT2D eigenvalue weighted by Gasteiger charge is 2.12. The fourth-order valence-electron chi connectivity index (χ4n) is 1.57. The van der Waals surface area contributed by atoms with Crippen molar-refractivity contribution in [3.63, 3.8) is 0 Å². The minimum Gasteiger partial charge on any atom is -0.375 e. The van der Waals surface area contributed by atoms with Crippen LogP contribution in [0.5, 0.6) is 0 Å². The Bertz CT molecular complexity index is 546. The number of pyridine rings is 1. The van der Waals surface area contributed by atoms with E-state index >= 15 is 0 Å². The Hall–Kier alpha value is -1.49. The fraction of sp³-hybridized carbons (Fsp3) is 0.154. The molecular weight excluding hydrogens is 302 g/mol. The molecule has 0 spiro atoms. The standard InChI is InChI=1S/C13H11BrF2N2/c1-8(12-4-2-3-5-17-12)18-13-6-9(14)10(15)7-11(13)16/h2-8,18H,1H3. The number of nitrogens with one attached hydrogen (secondary N) is 1. The van der Waals surface area contributed by atoms with Crippen LogP contribution in [0.3, 0.4) is 0 Å². The number of hydrogen-bond donors (Lipinski definition) is 1. The van der Waals surface area contributed by atoms with Gasteiger partial charge >= 0.3 is 0 Å². The number of anilines is 1. The molecule has 0 aliphatic carbocycles. The van der Waals surface area contributed by atoms with Gasteiger partial charge in [0.15, 0.2) is 0 Å². The third-order valence-electron chi connectivity index (χ3n) is 2.51. The Balaban J connectivity index is 2.22. The smallest absolute Gasteiger partial charge is 0.149 e. The first-order chi connectivity index (χ1) is 8.58. The van der Waals surface area contributed by atoms with Gasteiger partial charge in [-0.3, -0.25) is 4.98 Å². The van der Waals surface area contributed by atoms with Gasteiger partial charge in [-0.25, -0.2) is 8.78 Å². The van der Waals surface area contributed by atoms with Crippen LogP contribution >= 0.6 is 15.9 Å². The van der Waals surface area contributed by atoms with Crippen LogP contribution in [0.1, 0.15) is 18.7 Å². The van der Waals surface area contributed by atoms with Crippen molar-refractivity contribution < 1.29 is 8.78 Å². The Kier molecular flexibility index (Phi) is 3.91. The number of nitrogens with zero attached hydrogens (tertiary/aromatic N) is 1. The van der Waals surface area contributed by atoms with Crippen molar-refractivity contribution in [2.45, 2.75) is 13.0 Å². The largest absolute Gasteiger partial charge is 0.375 e. The molecule has 0 radical (unpaired) electrons. The highest BCUT2D eigenvalue weighted by Crippen LogP contribution is 2.26. The molecule has 0 saturated heterocycles. The van der Waals surface area contributed by atoms with Crippen LogP contribution in [-0.2, 0) is 0 Å². The molecule has 18 heavy (non-hydrogen) atoms. The molecule has 1 atom stereocenters. The number of aromatic nitrogens is 1. The van der Waals surface area contributed by atoms with E-state index in [0.29, 0.717) is 0 Å². The molecule has 0 saturated carbocycles. The molecule has 2 aromatic rings. The number of hydrogen-bond acceptors (Lipinski definition) is 2. The van der Waals surface area contributed by atoms with Crippen molar-refractivity contribution >= 4 is 21.6 Å². The molecule has 0 amide bonds. The maximum Gasteiger partial charge on any atom is 0.149 e. The quantitative estimate of drug-likeness (QED) is 0.855. The normalized spacial score (nSPS) is 12.2. The van der Waals surface area contributed by atoms with Gasteiger partial charge in [0.1, 0.15) is 11.6 Å². The average Bonchev–Trinajstić information content (AvgIpc) is 2.37. The molecule has 0 fully saturated rings. The summed E-state index contributed by atoms with van der Waals surface area (Å²) in [6, 6.07) is 7.57. The van der Waals surface area contributed by atoms with Gasteiger partial charge in [-0.05, 0) is 41.1 Å². The van der Waals surface area contributed by atoms with Gasteiger partial charge in [0, 0.05) is 12.3 Å². The highest BCUT2D eigenvalue weighted by atomic mass is 79.9. The Morgan fingerprint density at radius 1 is 1.22 bits per heavy atom. The molecule has 94 valence electrons. The third kappa shape index (κ3) is 2.85. The predicted molar refractivity (Wildman–Crippen MR) is 70.3 cm³/mol. The van der Waals surface area contributed by atoms with Crippen molar-refractivity contribution in [3.05, 3.63) is 58.3 Å². The monoisotopic (exact) mass is 312 g/mol. The maximum absolute atomic E-state index is 13.6. The van der Waals surface area contributed by atoms with E-state index in [2.05, 4.69) is 26.2 Å². The van der Waals surface area contributed by atoms with E-state index in [0.717, 1.165) is 11.8 Å². The van der Waals surface area contributed by atoms with Gasteiger partial charge in [-0.2, -0.15) is 0 Å². The van der Waals surface area contributed by atoms with Gasteiger partial charge in [0.05, 0.1) is 21.9 Å². The van der Waals surface area contributed by atoms with Crippen LogP contribution in [0, 0.1) is 11.6 Å². The zero-order valence-electron chi connectivity index (χ0n) is 9.62. The summed E-state index contributed by atoms with van der Waals surface area (Å²) in [5.74, 6) is -1.25. The molecular formula is C13H11BrF2N2. The number of halogens is 3. The Morgan fingerprint density at radius 2 is 2.00 bits per heavy atom. The van der Waals surface area contributed by atoms with Crippen LogP contribution in [-0.4, -0.2) is 4.98 Å². The van der Waals surface area contributed by atoms with Crippen molar-refractivity contribution in [2.24, 2.45) is 0 Å². The molecule has 2 nitrogen and oxygen atoms in total. The van der Waals surface area contributed by atoms with E-state index in [1.54, 1.807) is 6.20 Å². The lowest BCUT2D eigenvalue weighted by Gasteiger charge is -2.15. The summed E-state index contributed by atoms with van der Waals surface area (Å²) in [7, 11) is 0. The second-order valence-corrected chi connectivity index (χ2v) is 4.72. The van der Waals surface area contributed by atoms with E-state index in [-0.39, 0.29) is 16.2 Å². The van der Waals surface area contributed by atoms with Crippen molar-refractivity contribution in [3.8, 4) is 0 Å². The molecule has 0 aliphatic heterocycles. The second-order valence-electron chi connectivity index (χ2n) is 3.87. The van der Waals surface area contributed by atoms with Crippen molar-refractivity contribution in [1.82, 2.24) is 4.98 Å². The minimum absolute atomic E-state index is 0.168. The van der Waals surface area contributed by atoms with Crippen LogP contribution in [0.2, 0.25) is 0 Å². The molecule has 1 N–H and O–H groups in total. The zero-order valence-corrected chi connectivity index (χ0v) is 11.2. The first-order valence-corrected chi connectivity index (χ1v) is 6.19. The van der Waals surface area contributed by atoms with Crippen LogP contribution in [0.4, 0.5) is 14.5 Å². The number of benzene rings is 1. The lowest BCUT2D eigenvalue weighted by molar-refractivity contribution is 0.579. The summed E-state index contributed by atoms with van der Waals surface area (Å²) < 4.78 is 26.9. The topological polar surface area (TPSA) is 24.9 Å². The first kappa shape index (κ1) is 13.0. The summed E-state index contributed by atoms with van der Waals surface area (Å²) in [6.45, 7) is 1.86. The predicted octanol–water partition coefficient (Wildman–Crippen LogP) is 4.30. The third-order valence-corrected chi connectivity index (χ3v) is 3.12. The summed E-state index contributed by atoms with van der Waals surface area (Å²) >= 11 is 3.03. The van der Waals surface area contributed by atoms with Gasteiger partial charge in [-0.1, -0.05) is 6.07 Å². The van der Waals surface area contributed by atoms with Crippen LogP contribution in [0.15, 0.2) is 41.0 Å². The van der Waals surface area contributed by atoms with E-state index in [9.17, 15) is 8.78 Å². The fourth-order valence-corrected chi connectivity index (χ4v) is 1.92. The molecule has 2 rings (SSSR count). The van der Waals surface area contributed by atoms with E-state index < -0.39 is 11.6 Å². The second kappa shape index (κ2) is 5.44. The lowest BCUT2D eigenvalue weighted by Crippen LogP contribution is -2.09. The zero-order chi connectivity index (χ0) is 13.1. The molecule has 5 heteroatoms. The minimum atomic E-state index is -0.626. The van der Waals surface area contributed by atoms with Crippen molar-refractivity contribution in [2.75, 3.05) is 5.32 Å². The Labute approximate surface area is 112 Å². The lowest BCUT2D eigenvalue weighted by atomic mass is 10.2. The molecule has 1 heterocycles. The van der Waals surface area contributed by atoms with E-state index in [1.807, 2.05) is 25.1 Å². The van der Waals surface area contributed by atoms with E-state index in [4.69, 9.17) is 0 Å². The average molecular weight is 313 g/mol. The molecule has 1 aromatic heterocycles. The Morgan fingerprint density at radius 3 is 2.67 bits per heavy atom. The van der Waals surface area contributed by atoms with E-state index in [1.165, 1.54) is 6.07 Å². The summed E-state index contributed by atoms with van der Waals surface area (Å²) in [5, 5.41) is 2.96. The first-order valence-electron chi connectivity index (χ1n) is 5.40. The summed E-state index contributed by atoms with van der Waals surface area (Å²) in [5.41, 5.74) is 1.03. The maximum atomic E-state index is 13.6. The van der Waals surface area contributed by atoms with Crippen LogP contribution in [0.25, 0.3) is 0 Å². The molecule has 1 aromatic carbocycles. The number of rotatable bonds is 3. The molecule has 0 aliphatic rings. The summed E-state index contributed by atoms with van der Waals surface area (Å²) in [4.78, 5) is 4.17. The van der Waals surface area contributed by atoms with Crippen molar-refractivity contribution in [1.29, 1.82) is 0 Å². The van der Waals surface area contributed by atoms with Gasteiger partial charge in [0.2, 0.25) is 0 Å². The highest BCUT2D eigenvalue weighted by molar-refractivity contribution is 9.10. The van der Waals surface area contributed by atoms with Crippen LogP contribution < -0.4 is 5.32 Å². The van der Waals surface area contributed by atoms with Gasteiger partial charge in [-0.15, -0.1) is 0 Å². The SMILES string of the molecule is CC(Nc1cc(Br)c(F)cc1F)c1ccccn1. The van der Waals surface area contributed by atoms with Gasteiger partial charge in [0.25, 0.3) is 0 Å². The molecule has 0 bridgehead atoms.